The van der Waals surface area contributed by atoms with E-state index < -0.39 is 18.5 Å². The van der Waals surface area contributed by atoms with Crippen molar-refractivity contribution in [2.45, 2.75) is 6.61 Å². The van der Waals surface area contributed by atoms with E-state index in [9.17, 15) is 19.2 Å². The molecule has 4 aromatic carbocycles. The number of anilines is 1. The van der Waals surface area contributed by atoms with Gasteiger partial charge >= 0.3 is 5.97 Å². The van der Waals surface area contributed by atoms with Gasteiger partial charge in [0, 0.05) is 11.1 Å². The molecule has 41 heavy (non-hydrogen) atoms. The van der Waals surface area contributed by atoms with Gasteiger partial charge in [-0.05, 0) is 35.4 Å². The van der Waals surface area contributed by atoms with Crippen LogP contribution in [0.5, 0.6) is 5.75 Å². The molecular weight excluding hydrogens is 523 g/mol. The molecule has 0 spiro atoms. The van der Waals surface area contributed by atoms with Crippen LogP contribution in [0.3, 0.4) is 0 Å². The van der Waals surface area contributed by atoms with E-state index in [1.807, 2.05) is 60.7 Å². The van der Waals surface area contributed by atoms with Gasteiger partial charge in [0.05, 0.1) is 0 Å². The Morgan fingerprint density at radius 3 is 2.15 bits per heavy atom. The second kappa shape index (κ2) is 12.5. The van der Waals surface area contributed by atoms with Crippen LogP contribution in [0.25, 0.3) is 22.5 Å². The molecule has 7 nitrogen and oxygen atoms in total. The number of esters is 1. The summed E-state index contributed by atoms with van der Waals surface area (Å²) in [5.74, 6) is -1.19. The van der Waals surface area contributed by atoms with Gasteiger partial charge in [0.25, 0.3) is 5.91 Å². The Kier molecular flexibility index (Phi) is 8.17. The van der Waals surface area contributed by atoms with Gasteiger partial charge in [-0.3, -0.25) is 10.1 Å². The Morgan fingerprint density at radius 2 is 1.46 bits per heavy atom. The second-order valence-corrected chi connectivity index (χ2v) is 8.89. The van der Waals surface area contributed by atoms with Crippen molar-refractivity contribution >= 4 is 17.8 Å². The van der Waals surface area contributed by atoms with E-state index in [4.69, 9.17) is 13.9 Å². The van der Waals surface area contributed by atoms with Crippen molar-refractivity contribution in [1.29, 1.82) is 5.26 Å². The Bertz CT molecular complexity index is 1710. The molecule has 8 heteroatoms. The number of halogens is 1. The molecule has 0 radical (unpaired) electrons. The van der Waals surface area contributed by atoms with Gasteiger partial charge in [0.2, 0.25) is 5.88 Å². The molecule has 0 aliphatic heterocycles. The third kappa shape index (κ3) is 6.32. The summed E-state index contributed by atoms with van der Waals surface area (Å²) in [4.78, 5) is 25.6. The molecule has 0 atom stereocenters. The summed E-state index contributed by atoms with van der Waals surface area (Å²) < 4.78 is 30.2. The topological polar surface area (TPSA) is 102 Å². The zero-order valence-electron chi connectivity index (χ0n) is 21.7. The van der Waals surface area contributed by atoms with Gasteiger partial charge < -0.3 is 13.9 Å². The number of carbonyl (C=O) groups is 2. The van der Waals surface area contributed by atoms with Crippen LogP contribution in [0.2, 0.25) is 0 Å². The molecule has 5 aromatic rings. The fourth-order valence-corrected chi connectivity index (χ4v) is 4.17. The number of nitriles is 1. The normalized spacial score (nSPS) is 10.4. The quantitative estimate of drug-likeness (QED) is 0.200. The highest BCUT2D eigenvalue weighted by Crippen LogP contribution is 2.41. The second-order valence-electron chi connectivity index (χ2n) is 8.89. The van der Waals surface area contributed by atoms with Crippen LogP contribution in [0, 0.1) is 17.1 Å². The number of hydrogen-bond acceptors (Lipinski definition) is 6. The molecule has 5 rings (SSSR count). The average molecular weight is 547 g/mol. The zero-order chi connectivity index (χ0) is 28.6. The molecule has 0 unspecified atom stereocenters. The minimum atomic E-state index is -0.773. The predicted molar refractivity (Wildman–Crippen MR) is 150 cm³/mol. The minimum Gasteiger partial charge on any atom is -0.488 e. The SMILES string of the molecule is N#Cc1c(NC(=O)COC(=O)c2ccccc2OCc2ccc(F)cc2)oc(-c2ccccc2)c1-c1ccccc1. The highest BCUT2D eigenvalue weighted by molar-refractivity contribution is 5.98. The van der Waals surface area contributed by atoms with Gasteiger partial charge in [0.15, 0.2) is 6.61 Å². The Hall–Kier alpha value is -5.68. The van der Waals surface area contributed by atoms with Crippen LogP contribution in [0.4, 0.5) is 10.3 Å². The first-order chi connectivity index (χ1) is 20.0. The van der Waals surface area contributed by atoms with Crippen molar-refractivity contribution in [1.82, 2.24) is 0 Å². The fourth-order valence-electron chi connectivity index (χ4n) is 4.17. The lowest BCUT2D eigenvalue weighted by molar-refractivity contribution is -0.119. The smallest absolute Gasteiger partial charge is 0.342 e. The number of hydrogen-bond donors (Lipinski definition) is 1. The number of carbonyl (C=O) groups excluding carboxylic acids is 2. The first kappa shape index (κ1) is 26.9. The number of nitrogens with one attached hydrogen (secondary N) is 1. The maximum atomic E-state index is 13.2. The van der Waals surface area contributed by atoms with Crippen molar-refractivity contribution in [2.75, 3.05) is 11.9 Å². The Balaban J connectivity index is 1.30. The fraction of sp³-hybridized carbons (Fsp3) is 0.0606. The third-order valence-electron chi connectivity index (χ3n) is 6.12. The number of amides is 1. The number of benzene rings is 4. The lowest BCUT2D eigenvalue weighted by Gasteiger charge is -2.11. The molecule has 202 valence electrons. The van der Waals surface area contributed by atoms with Crippen LogP contribution in [0.1, 0.15) is 21.5 Å². The van der Waals surface area contributed by atoms with Crippen LogP contribution >= 0.6 is 0 Å². The highest BCUT2D eigenvalue weighted by Gasteiger charge is 2.25. The molecule has 1 amide bonds. The molecule has 0 fully saturated rings. The summed E-state index contributed by atoms with van der Waals surface area (Å²) in [6.45, 7) is -0.522. The summed E-state index contributed by atoms with van der Waals surface area (Å²) >= 11 is 0. The minimum absolute atomic E-state index is 0.0470. The predicted octanol–water partition coefficient (Wildman–Crippen LogP) is 7.00. The first-order valence-electron chi connectivity index (χ1n) is 12.6. The van der Waals surface area contributed by atoms with E-state index in [0.29, 0.717) is 16.9 Å². The van der Waals surface area contributed by atoms with Gasteiger partial charge in [-0.1, -0.05) is 84.9 Å². The van der Waals surface area contributed by atoms with Crippen LogP contribution in [0.15, 0.2) is 114 Å². The molecule has 0 saturated heterocycles. The van der Waals surface area contributed by atoms with E-state index in [2.05, 4.69) is 11.4 Å². The van der Waals surface area contributed by atoms with Crippen molar-refractivity contribution in [3.8, 4) is 34.3 Å². The van der Waals surface area contributed by atoms with Gasteiger partial charge in [-0.2, -0.15) is 5.26 Å². The zero-order valence-corrected chi connectivity index (χ0v) is 21.7. The molecular formula is C33H23FN2O5. The van der Waals surface area contributed by atoms with Crippen LogP contribution in [-0.4, -0.2) is 18.5 Å². The summed E-state index contributed by atoms with van der Waals surface area (Å²) in [6, 6.07) is 32.9. The molecule has 0 aliphatic carbocycles. The Morgan fingerprint density at radius 1 is 0.829 bits per heavy atom. The number of rotatable bonds is 9. The lowest BCUT2D eigenvalue weighted by Crippen LogP contribution is -2.21. The number of furan rings is 1. The number of nitrogens with zero attached hydrogens (tertiary/aromatic N) is 1. The standard InChI is InChI=1S/C33H23FN2O5/c34-25-17-15-22(16-18-25)20-39-28-14-8-7-13-26(28)33(38)40-21-29(37)36-32-27(19-35)30(23-9-3-1-4-10-23)31(41-32)24-11-5-2-6-12-24/h1-18H,20-21H2,(H,36,37). The summed E-state index contributed by atoms with van der Waals surface area (Å²) in [5, 5.41) is 12.6. The van der Waals surface area contributed by atoms with Crippen LogP contribution < -0.4 is 10.1 Å². The van der Waals surface area contributed by atoms with Crippen molar-refractivity contribution < 1.29 is 27.9 Å². The van der Waals surface area contributed by atoms with E-state index in [1.54, 1.807) is 30.3 Å². The molecule has 1 N–H and O–H groups in total. The number of ether oxygens (including phenoxy) is 2. The molecule has 0 aliphatic rings. The van der Waals surface area contributed by atoms with Gasteiger partial charge in [-0.25, -0.2) is 9.18 Å². The van der Waals surface area contributed by atoms with Gasteiger partial charge in [-0.15, -0.1) is 0 Å². The Labute approximate surface area is 235 Å². The molecule has 0 bridgehead atoms. The largest absolute Gasteiger partial charge is 0.488 e. The van der Waals surface area contributed by atoms with Crippen molar-refractivity contribution in [2.24, 2.45) is 0 Å². The third-order valence-corrected chi connectivity index (χ3v) is 6.12. The average Bonchev–Trinajstić information content (AvgIpc) is 3.38. The monoisotopic (exact) mass is 546 g/mol. The molecule has 0 saturated carbocycles. The summed E-state index contributed by atoms with van der Waals surface area (Å²) in [5.41, 5.74) is 3.00. The van der Waals surface area contributed by atoms with E-state index in [-0.39, 0.29) is 35.2 Å². The van der Waals surface area contributed by atoms with Gasteiger partial charge in [0.1, 0.15) is 41.1 Å². The summed E-state index contributed by atoms with van der Waals surface area (Å²) in [6.07, 6.45) is 0. The van der Waals surface area contributed by atoms with Crippen molar-refractivity contribution in [3.63, 3.8) is 0 Å². The first-order valence-corrected chi connectivity index (χ1v) is 12.6. The number of para-hydroxylation sites is 1. The summed E-state index contributed by atoms with van der Waals surface area (Å²) in [7, 11) is 0. The molecule has 1 heterocycles. The van der Waals surface area contributed by atoms with Crippen LogP contribution in [-0.2, 0) is 16.1 Å². The van der Waals surface area contributed by atoms with E-state index in [0.717, 1.165) is 11.1 Å². The van der Waals surface area contributed by atoms with E-state index >= 15 is 0 Å². The molecule has 1 aromatic heterocycles. The lowest BCUT2D eigenvalue weighted by atomic mass is 9.98. The maximum Gasteiger partial charge on any atom is 0.342 e. The van der Waals surface area contributed by atoms with Crippen molar-refractivity contribution in [3.05, 3.63) is 132 Å². The maximum absolute atomic E-state index is 13.2. The van der Waals surface area contributed by atoms with E-state index in [1.165, 1.54) is 18.2 Å². The highest BCUT2D eigenvalue weighted by atomic mass is 19.1.